The van der Waals surface area contributed by atoms with E-state index in [0.717, 1.165) is 74.6 Å². The Bertz CT molecular complexity index is 787. The second-order valence-corrected chi connectivity index (χ2v) is 7.80. The van der Waals surface area contributed by atoms with Gasteiger partial charge in [0.1, 0.15) is 17.4 Å². The highest BCUT2D eigenvalue weighted by molar-refractivity contribution is 5.91. The third-order valence-corrected chi connectivity index (χ3v) is 6.08. The Kier molecular flexibility index (Phi) is 4.89. The van der Waals surface area contributed by atoms with Crippen LogP contribution in [-0.4, -0.2) is 46.2 Å². The SMILES string of the molecule is CCc1n[nH]c(CC2CCN(C(=O)C3(c4ccc(OC)cc4)CC3)CC2)n1. The molecule has 2 heterocycles. The second-order valence-electron chi connectivity index (χ2n) is 7.80. The average molecular weight is 368 g/mol. The normalized spacial score (nSPS) is 19.1. The molecule has 1 N–H and O–H groups in total. The number of amides is 1. The van der Waals surface area contributed by atoms with Crippen LogP contribution in [0.1, 0.15) is 49.8 Å². The summed E-state index contributed by atoms with van der Waals surface area (Å²) in [6.07, 6.45) is 5.76. The Morgan fingerprint density at radius 1 is 1.26 bits per heavy atom. The minimum absolute atomic E-state index is 0.292. The number of benzene rings is 1. The van der Waals surface area contributed by atoms with Gasteiger partial charge in [-0.05, 0) is 49.3 Å². The fourth-order valence-corrected chi connectivity index (χ4v) is 4.16. The maximum Gasteiger partial charge on any atom is 0.233 e. The molecule has 1 aliphatic carbocycles. The van der Waals surface area contributed by atoms with E-state index in [2.05, 4.69) is 27.0 Å². The predicted molar refractivity (Wildman–Crippen MR) is 103 cm³/mol. The van der Waals surface area contributed by atoms with Gasteiger partial charge in [0.15, 0.2) is 0 Å². The van der Waals surface area contributed by atoms with Gasteiger partial charge in [-0.2, -0.15) is 5.10 Å². The van der Waals surface area contributed by atoms with Gasteiger partial charge in [-0.25, -0.2) is 4.98 Å². The zero-order valence-corrected chi connectivity index (χ0v) is 16.2. The minimum atomic E-state index is -0.292. The topological polar surface area (TPSA) is 71.1 Å². The number of ether oxygens (including phenoxy) is 1. The van der Waals surface area contributed by atoms with E-state index in [1.54, 1.807) is 7.11 Å². The molecular formula is C21H28N4O2. The summed E-state index contributed by atoms with van der Waals surface area (Å²) in [6, 6.07) is 8.01. The first-order valence-corrected chi connectivity index (χ1v) is 9.98. The fourth-order valence-electron chi connectivity index (χ4n) is 4.16. The molecule has 0 atom stereocenters. The molecule has 0 spiro atoms. The molecule has 0 radical (unpaired) electrons. The van der Waals surface area contributed by atoms with Crippen molar-refractivity contribution in [2.45, 2.75) is 50.9 Å². The van der Waals surface area contributed by atoms with Gasteiger partial charge in [0, 0.05) is 25.9 Å². The van der Waals surface area contributed by atoms with E-state index in [0.29, 0.717) is 11.8 Å². The molecule has 1 aromatic carbocycles. The highest BCUT2D eigenvalue weighted by atomic mass is 16.5. The first-order chi connectivity index (χ1) is 13.1. The van der Waals surface area contributed by atoms with Crippen LogP contribution in [-0.2, 0) is 23.1 Å². The van der Waals surface area contributed by atoms with E-state index in [1.807, 2.05) is 24.3 Å². The van der Waals surface area contributed by atoms with Crippen molar-refractivity contribution in [3.63, 3.8) is 0 Å². The Labute approximate surface area is 160 Å². The third-order valence-electron chi connectivity index (χ3n) is 6.08. The monoisotopic (exact) mass is 368 g/mol. The first kappa shape index (κ1) is 18.0. The van der Waals surface area contributed by atoms with Crippen molar-refractivity contribution < 1.29 is 9.53 Å². The summed E-state index contributed by atoms with van der Waals surface area (Å²) in [5, 5.41) is 7.27. The number of carbonyl (C=O) groups excluding carboxylic acids is 1. The lowest BCUT2D eigenvalue weighted by molar-refractivity contribution is -0.135. The Morgan fingerprint density at radius 3 is 2.52 bits per heavy atom. The molecule has 1 amide bonds. The van der Waals surface area contributed by atoms with Crippen LogP contribution in [0.25, 0.3) is 0 Å². The van der Waals surface area contributed by atoms with Gasteiger partial charge in [-0.1, -0.05) is 19.1 Å². The fraction of sp³-hybridized carbons (Fsp3) is 0.571. The Balaban J connectivity index is 1.35. The number of nitrogens with zero attached hydrogens (tertiary/aromatic N) is 3. The van der Waals surface area contributed by atoms with E-state index in [1.165, 1.54) is 0 Å². The van der Waals surface area contributed by atoms with Crippen molar-refractivity contribution >= 4 is 5.91 Å². The van der Waals surface area contributed by atoms with Crippen LogP contribution in [0.2, 0.25) is 0 Å². The van der Waals surface area contributed by atoms with Crippen molar-refractivity contribution in [2.75, 3.05) is 20.2 Å². The smallest absolute Gasteiger partial charge is 0.233 e. The van der Waals surface area contributed by atoms with Crippen LogP contribution in [0.4, 0.5) is 0 Å². The van der Waals surface area contributed by atoms with Gasteiger partial charge in [0.05, 0.1) is 12.5 Å². The highest BCUT2D eigenvalue weighted by Gasteiger charge is 2.53. The number of H-pyrrole nitrogens is 1. The number of carbonyl (C=O) groups is 1. The number of likely N-dealkylation sites (tertiary alicyclic amines) is 1. The zero-order valence-electron chi connectivity index (χ0n) is 16.2. The summed E-state index contributed by atoms with van der Waals surface area (Å²) in [5.74, 6) is 3.57. The molecule has 6 nitrogen and oxygen atoms in total. The summed E-state index contributed by atoms with van der Waals surface area (Å²) in [5.41, 5.74) is 0.837. The molecule has 0 bridgehead atoms. The highest BCUT2D eigenvalue weighted by Crippen LogP contribution is 2.50. The number of methoxy groups -OCH3 is 1. The molecular weight excluding hydrogens is 340 g/mol. The maximum absolute atomic E-state index is 13.2. The molecule has 4 rings (SSSR count). The lowest BCUT2D eigenvalue weighted by atomic mass is 9.90. The number of hydrogen-bond acceptors (Lipinski definition) is 4. The van der Waals surface area contributed by atoms with E-state index in [9.17, 15) is 4.79 Å². The van der Waals surface area contributed by atoms with E-state index in [-0.39, 0.29) is 5.41 Å². The number of piperidine rings is 1. The predicted octanol–water partition coefficient (Wildman–Crippen LogP) is 2.89. The molecule has 2 fully saturated rings. The number of rotatable bonds is 6. The van der Waals surface area contributed by atoms with Crippen molar-refractivity contribution in [3.05, 3.63) is 41.5 Å². The molecule has 1 aliphatic heterocycles. The van der Waals surface area contributed by atoms with Crippen LogP contribution in [0, 0.1) is 5.92 Å². The summed E-state index contributed by atoms with van der Waals surface area (Å²) in [4.78, 5) is 19.8. The minimum Gasteiger partial charge on any atom is -0.497 e. The maximum atomic E-state index is 13.2. The van der Waals surface area contributed by atoms with Crippen LogP contribution < -0.4 is 4.74 Å². The van der Waals surface area contributed by atoms with Crippen LogP contribution >= 0.6 is 0 Å². The number of nitrogens with one attached hydrogen (secondary N) is 1. The standard InChI is InChI=1S/C21H28N4O2/c1-3-18-22-19(24-23-18)14-15-8-12-25(13-9-15)20(26)21(10-11-21)16-4-6-17(27-2)7-5-16/h4-7,15H,3,8-14H2,1-2H3,(H,22,23,24). The Hall–Kier alpha value is -2.37. The largest absolute Gasteiger partial charge is 0.497 e. The van der Waals surface area contributed by atoms with Gasteiger partial charge >= 0.3 is 0 Å². The molecule has 2 aliphatic rings. The summed E-state index contributed by atoms with van der Waals surface area (Å²) < 4.78 is 5.24. The van der Waals surface area contributed by atoms with Crippen molar-refractivity contribution in [1.29, 1.82) is 0 Å². The average Bonchev–Trinajstić information content (AvgIpc) is 3.41. The van der Waals surface area contributed by atoms with Crippen LogP contribution in [0.3, 0.4) is 0 Å². The quantitative estimate of drug-likeness (QED) is 0.851. The van der Waals surface area contributed by atoms with Gasteiger partial charge < -0.3 is 9.64 Å². The molecule has 2 aromatic rings. The molecule has 0 unspecified atom stereocenters. The van der Waals surface area contributed by atoms with Crippen molar-refractivity contribution in [2.24, 2.45) is 5.92 Å². The lowest BCUT2D eigenvalue weighted by Crippen LogP contribution is -2.44. The van der Waals surface area contributed by atoms with Gasteiger partial charge in [-0.15, -0.1) is 0 Å². The number of aromatic nitrogens is 3. The van der Waals surface area contributed by atoms with Crippen LogP contribution in [0.5, 0.6) is 5.75 Å². The van der Waals surface area contributed by atoms with E-state index < -0.39 is 0 Å². The van der Waals surface area contributed by atoms with Crippen molar-refractivity contribution in [3.8, 4) is 5.75 Å². The number of aryl methyl sites for hydroxylation is 1. The number of aromatic amines is 1. The molecule has 1 saturated carbocycles. The summed E-state index contributed by atoms with van der Waals surface area (Å²) in [6.45, 7) is 3.75. The summed E-state index contributed by atoms with van der Waals surface area (Å²) >= 11 is 0. The van der Waals surface area contributed by atoms with Gasteiger partial charge in [-0.3, -0.25) is 9.89 Å². The van der Waals surface area contributed by atoms with Gasteiger partial charge in [0.2, 0.25) is 5.91 Å². The molecule has 1 aromatic heterocycles. The first-order valence-electron chi connectivity index (χ1n) is 9.98. The molecule has 1 saturated heterocycles. The van der Waals surface area contributed by atoms with E-state index >= 15 is 0 Å². The second kappa shape index (κ2) is 7.33. The zero-order chi connectivity index (χ0) is 18.9. The summed E-state index contributed by atoms with van der Waals surface area (Å²) in [7, 11) is 1.67. The van der Waals surface area contributed by atoms with Crippen LogP contribution in [0.15, 0.2) is 24.3 Å². The Morgan fingerprint density at radius 2 is 1.96 bits per heavy atom. The van der Waals surface area contributed by atoms with Gasteiger partial charge in [0.25, 0.3) is 0 Å². The molecule has 27 heavy (non-hydrogen) atoms. The molecule has 6 heteroatoms. The molecule has 144 valence electrons. The van der Waals surface area contributed by atoms with E-state index in [4.69, 9.17) is 4.74 Å². The lowest BCUT2D eigenvalue weighted by Gasteiger charge is -2.34. The van der Waals surface area contributed by atoms with Crippen molar-refractivity contribution in [1.82, 2.24) is 20.1 Å². The number of hydrogen-bond donors (Lipinski definition) is 1. The third kappa shape index (κ3) is 3.57.